The number of aromatic nitrogens is 7. The first kappa shape index (κ1) is 15.4. The van der Waals surface area contributed by atoms with Gasteiger partial charge in [-0.25, -0.2) is 9.97 Å². The van der Waals surface area contributed by atoms with Gasteiger partial charge in [0, 0.05) is 11.6 Å². The first-order valence-corrected chi connectivity index (χ1v) is 8.47. The number of aromatic amines is 1. The predicted molar refractivity (Wildman–Crippen MR) is 100 cm³/mol. The molecule has 3 aromatic heterocycles. The molecule has 0 fully saturated rings. The summed E-state index contributed by atoms with van der Waals surface area (Å²) in [5.74, 6) is 1.88. The Hall–Kier alpha value is -3.81. The second-order valence-corrected chi connectivity index (χ2v) is 6.24. The largest absolute Gasteiger partial charge is 0.342 e. The molecule has 0 saturated carbocycles. The predicted octanol–water partition coefficient (Wildman–Crippen LogP) is 3.22. The second kappa shape index (κ2) is 5.87. The van der Waals surface area contributed by atoms with Crippen molar-refractivity contribution in [2.45, 2.75) is 13.8 Å². The Labute approximate surface area is 153 Å². The number of hydrogen-bond acceptors (Lipinski definition) is 6. The van der Waals surface area contributed by atoms with Crippen LogP contribution in [-0.2, 0) is 0 Å². The van der Waals surface area contributed by atoms with E-state index in [-0.39, 0.29) is 0 Å². The number of hydrogen-bond donors (Lipinski definition) is 1. The average molecular weight is 357 g/mol. The van der Waals surface area contributed by atoms with E-state index in [0.29, 0.717) is 11.7 Å². The maximum Gasteiger partial charge on any atom is 0.252 e. The van der Waals surface area contributed by atoms with Gasteiger partial charge >= 0.3 is 0 Å². The highest BCUT2D eigenvalue weighted by Crippen LogP contribution is 2.25. The minimum atomic E-state index is 0.397. The van der Waals surface area contributed by atoms with Crippen LogP contribution in [-0.4, -0.2) is 35.1 Å². The summed E-state index contributed by atoms with van der Waals surface area (Å²) in [4.78, 5) is 23.8. The van der Waals surface area contributed by atoms with Crippen LogP contribution < -0.4 is 4.84 Å². The molecule has 0 unspecified atom stereocenters. The maximum absolute atomic E-state index is 5.84. The molecule has 0 atom stereocenters. The SMILES string of the molecule is Cc1nc(On2nnc3ccccc32)cc(-c2ccc3nc(C)[nH]c3c2)n1. The lowest BCUT2D eigenvalue weighted by atomic mass is 10.1. The van der Waals surface area contributed by atoms with Gasteiger partial charge in [-0.2, -0.15) is 4.98 Å². The lowest BCUT2D eigenvalue weighted by molar-refractivity contribution is 0.175. The van der Waals surface area contributed by atoms with Crippen LogP contribution in [0.15, 0.2) is 48.5 Å². The molecule has 27 heavy (non-hydrogen) atoms. The number of para-hydroxylation sites is 1. The molecule has 0 aliphatic carbocycles. The highest BCUT2D eigenvalue weighted by molar-refractivity contribution is 5.81. The fourth-order valence-corrected chi connectivity index (χ4v) is 3.03. The Bertz CT molecular complexity index is 1290. The number of benzene rings is 2. The zero-order chi connectivity index (χ0) is 18.4. The summed E-state index contributed by atoms with van der Waals surface area (Å²) in [6.07, 6.45) is 0. The van der Waals surface area contributed by atoms with Gasteiger partial charge in [0.15, 0.2) is 0 Å². The molecule has 132 valence electrons. The quantitative estimate of drug-likeness (QED) is 0.533. The lowest BCUT2D eigenvalue weighted by Gasteiger charge is -2.07. The first-order valence-electron chi connectivity index (χ1n) is 8.47. The minimum absolute atomic E-state index is 0.397. The van der Waals surface area contributed by atoms with Gasteiger partial charge in [0.05, 0.1) is 16.7 Å². The number of H-pyrrole nitrogens is 1. The average Bonchev–Trinajstić information content (AvgIpc) is 3.23. The summed E-state index contributed by atoms with van der Waals surface area (Å²) < 4.78 is 0. The number of fused-ring (bicyclic) bond motifs is 2. The van der Waals surface area contributed by atoms with Crippen LogP contribution in [0.4, 0.5) is 0 Å². The molecule has 8 nitrogen and oxygen atoms in total. The zero-order valence-electron chi connectivity index (χ0n) is 14.7. The van der Waals surface area contributed by atoms with Gasteiger partial charge < -0.3 is 9.82 Å². The van der Waals surface area contributed by atoms with E-state index in [2.05, 4.69) is 30.2 Å². The molecule has 0 spiro atoms. The Kier molecular flexibility index (Phi) is 3.36. The van der Waals surface area contributed by atoms with Crippen molar-refractivity contribution >= 4 is 22.1 Å². The van der Waals surface area contributed by atoms with Crippen LogP contribution in [0.1, 0.15) is 11.6 Å². The van der Waals surface area contributed by atoms with Crippen LogP contribution in [0.3, 0.4) is 0 Å². The summed E-state index contributed by atoms with van der Waals surface area (Å²) in [5, 5.41) is 8.12. The molecule has 0 aliphatic heterocycles. The van der Waals surface area contributed by atoms with Crippen LogP contribution >= 0.6 is 0 Å². The molecule has 2 aromatic carbocycles. The van der Waals surface area contributed by atoms with Gasteiger partial charge in [0.2, 0.25) is 0 Å². The molecular weight excluding hydrogens is 342 g/mol. The highest BCUT2D eigenvalue weighted by Gasteiger charge is 2.11. The Balaban J connectivity index is 1.55. The molecule has 0 aliphatic rings. The smallest absolute Gasteiger partial charge is 0.252 e. The number of aryl methyl sites for hydroxylation is 2. The van der Waals surface area contributed by atoms with E-state index in [1.165, 1.54) is 4.85 Å². The topological polar surface area (TPSA) is 94.4 Å². The molecule has 0 radical (unpaired) electrons. The molecule has 5 rings (SSSR count). The normalized spacial score (nSPS) is 11.3. The lowest BCUT2D eigenvalue weighted by Crippen LogP contribution is -2.09. The standard InChI is InChI=1S/C19H15N7O/c1-11-20-14-8-7-13(9-17(14)22-11)16-10-19(23-12(2)21-16)27-26-18-6-4-3-5-15(18)24-25-26/h3-10H,1-2H3,(H,20,22). The summed E-state index contributed by atoms with van der Waals surface area (Å²) in [6, 6.07) is 15.3. The van der Waals surface area contributed by atoms with Gasteiger partial charge in [-0.05, 0) is 43.3 Å². The van der Waals surface area contributed by atoms with Crippen molar-refractivity contribution < 1.29 is 4.84 Å². The van der Waals surface area contributed by atoms with E-state index < -0.39 is 0 Å². The van der Waals surface area contributed by atoms with E-state index in [9.17, 15) is 0 Å². The molecule has 5 aromatic rings. The monoisotopic (exact) mass is 357 g/mol. The third-order valence-electron chi connectivity index (χ3n) is 4.21. The van der Waals surface area contributed by atoms with E-state index >= 15 is 0 Å². The molecule has 0 bridgehead atoms. The van der Waals surface area contributed by atoms with Crippen LogP contribution in [0, 0.1) is 13.8 Å². The summed E-state index contributed by atoms with van der Waals surface area (Å²) in [5.41, 5.74) is 5.12. The van der Waals surface area contributed by atoms with Crippen LogP contribution in [0.2, 0.25) is 0 Å². The van der Waals surface area contributed by atoms with Gasteiger partial charge in [-0.15, -0.1) is 5.10 Å². The molecule has 0 saturated heterocycles. The van der Waals surface area contributed by atoms with Crippen molar-refractivity contribution in [3.05, 3.63) is 60.2 Å². The van der Waals surface area contributed by atoms with Gasteiger partial charge in [0.25, 0.3) is 5.88 Å². The molecular formula is C19H15N7O. The fraction of sp³-hybridized carbons (Fsp3) is 0.105. The van der Waals surface area contributed by atoms with E-state index in [1.807, 2.05) is 56.3 Å². The Morgan fingerprint density at radius 1 is 0.926 bits per heavy atom. The van der Waals surface area contributed by atoms with E-state index in [4.69, 9.17) is 4.84 Å². The molecule has 0 amide bonds. The third kappa shape index (κ3) is 2.77. The van der Waals surface area contributed by atoms with E-state index in [0.717, 1.165) is 39.1 Å². The van der Waals surface area contributed by atoms with Gasteiger partial charge in [0.1, 0.15) is 22.7 Å². The van der Waals surface area contributed by atoms with Crippen molar-refractivity contribution in [1.82, 2.24) is 35.1 Å². The fourth-order valence-electron chi connectivity index (χ4n) is 3.03. The van der Waals surface area contributed by atoms with Crippen LogP contribution in [0.5, 0.6) is 5.88 Å². The zero-order valence-corrected chi connectivity index (χ0v) is 14.7. The number of nitrogens with one attached hydrogen (secondary N) is 1. The highest BCUT2D eigenvalue weighted by atomic mass is 16.7. The summed E-state index contributed by atoms with van der Waals surface area (Å²) >= 11 is 0. The Morgan fingerprint density at radius 2 is 1.81 bits per heavy atom. The van der Waals surface area contributed by atoms with Crippen LogP contribution in [0.25, 0.3) is 33.3 Å². The number of imidazole rings is 1. The number of nitrogens with zero attached hydrogens (tertiary/aromatic N) is 6. The van der Waals surface area contributed by atoms with Gasteiger partial charge in [-0.1, -0.05) is 23.0 Å². The summed E-state index contributed by atoms with van der Waals surface area (Å²) in [6.45, 7) is 3.76. The second-order valence-electron chi connectivity index (χ2n) is 6.24. The van der Waals surface area contributed by atoms with Gasteiger partial charge in [-0.3, -0.25) is 0 Å². The van der Waals surface area contributed by atoms with Crippen molar-refractivity contribution in [2.75, 3.05) is 0 Å². The third-order valence-corrected chi connectivity index (χ3v) is 4.21. The maximum atomic E-state index is 5.84. The molecule has 8 heteroatoms. The van der Waals surface area contributed by atoms with Crippen molar-refractivity contribution in [3.8, 4) is 17.1 Å². The van der Waals surface area contributed by atoms with Crippen molar-refractivity contribution in [3.63, 3.8) is 0 Å². The molecule has 1 N–H and O–H groups in total. The Morgan fingerprint density at radius 3 is 2.74 bits per heavy atom. The van der Waals surface area contributed by atoms with Crippen molar-refractivity contribution in [2.24, 2.45) is 0 Å². The first-order chi connectivity index (χ1) is 13.2. The minimum Gasteiger partial charge on any atom is -0.342 e. The van der Waals surface area contributed by atoms with E-state index in [1.54, 1.807) is 6.07 Å². The summed E-state index contributed by atoms with van der Waals surface area (Å²) in [7, 11) is 0. The molecule has 3 heterocycles. The van der Waals surface area contributed by atoms with Crippen molar-refractivity contribution in [1.29, 1.82) is 0 Å². The number of rotatable bonds is 3.